The second-order valence-corrected chi connectivity index (χ2v) is 13.1. The lowest BCUT2D eigenvalue weighted by molar-refractivity contribution is 0.453. The van der Waals surface area contributed by atoms with Crippen LogP contribution in [0.1, 0.15) is 5.56 Å². The van der Waals surface area contributed by atoms with Crippen LogP contribution in [-0.2, 0) is 17.6 Å². The van der Waals surface area contributed by atoms with Crippen molar-refractivity contribution in [2.75, 3.05) is 0 Å². The quantitative estimate of drug-likeness (QED) is 0.375. The molecule has 4 aromatic rings. The molecule has 152 valence electrons. The van der Waals surface area contributed by atoms with Crippen LogP contribution in [0.3, 0.4) is 0 Å². The fourth-order valence-corrected chi connectivity index (χ4v) is 10.7. The fraction of sp³-hybridized carbons (Fsp3) is 0.0400. The molecular weight excluding hydrogens is 412 g/mol. The van der Waals surface area contributed by atoms with Gasteiger partial charge in [-0.1, -0.05) is 72.3 Å². The summed E-state index contributed by atoms with van der Waals surface area (Å²) in [7, 11) is -6.53. The Hall–Kier alpha value is -2.86. The fourth-order valence-electron chi connectivity index (χ4n) is 3.38. The van der Waals surface area contributed by atoms with Gasteiger partial charge in [-0.25, -0.2) is 0 Å². The molecule has 0 bridgehead atoms. The van der Waals surface area contributed by atoms with Gasteiger partial charge in [-0.15, -0.1) is 0 Å². The standard InChI is InChI=1S/C25H22O3S2/c1-21-17-19-22(20-18-21)28-30(26,27)29(23-11-5-2-6-12-23,24-13-7-3-8-14-24)25-15-9-4-10-16-25/h2-20H,1H3/p+1. The van der Waals surface area contributed by atoms with Crippen molar-refractivity contribution >= 4 is 17.6 Å². The van der Waals surface area contributed by atoms with E-state index < -0.39 is 17.6 Å². The molecular formula is C25H23O3S2+. The van der Waals surface area contributed by atoms with Crippen molar-refractivity contribution in [3.05, 3.63) is 121 Å². The van der Waals surface area contributed by atoms with E-state index in [9.17, 15) is 8.76 Å². The van der Waals surface area contributed by atoms with Crippen molar-refractivity contribution in [2.24, 2.45) is 0 Å². The van der Waals surface area contributed by atoms with Gasteiger partial charge in [0, 0.05) is 0 Å². The number of benzene rings is 4. The largest absolute Gasteiger partial charge is 0.387 e. The average molecular weight is 436 g/mol. The van der Waals surface area contributed by atoms with Crippen LogP contribution in [0, 0.1) is 6.92 Å². The monoisotopic (exact) mass is 435 g/mol. The zero-order valence-electron chi connectivity index (χ0n) is 16.5. The van der Waals surface area contributed by atoms with Crippen LogP contribution in [0.5, 0.6) is 5.75 Å². The van der Waals surface area contributed by atoms with E-state index in [0.29, 0.717) is 5.75 Å². The molecule has 0 amide bonds. The molecule has 4 rings (SSSR count). The van der Waals surface area contributed by atoms with Gasteiger partial charge < -0.3 is 4.18 Å². The van der Waals surface area contributed by atoms with E-state index in [1.165, 1.54) is 0 Å². The first-order chi connectivity index (χ1) is 14.5. The lowest BCUT2D eigenvalue weighted by atomic mass is 10.2. The van der Waals surface area contributed by atoms with Gasteiger partial charge in [0.1, 0.15) is 20.4 Å². The molecule has 1 atom stereocenters. The van der Waals surface area contributed by atoms with Crippen LogP contribution >= 0.6 is 0 Å². The Morgan fingerprint density at radius 3 is 1.37 bits per heavy atom. The third-order valence-corrected chi connectivity index (χ3v) is 12.4. The van der Waals surface area contributed by atoms with Crippen LogP contribution in [-0.4, -0.2) is 8.76 Å². The Labute approximate surface area is 178 Å². The summed E-state index contributed by atoms with van der Waals surface area (Å²) in [6.45, 7) is 1.97. The minimum Gasteiger partial charge on any atom is -0.359 e. The van der Waals surface area contributed by atoms with Gasteiger partial charge in [-0.3, -0.25) is 4.55 Å². The Balaban J connectivity index is 2.15. The van der Waals surface area contributed by atoms with Crippen molar-refractivity contribution in [2.45, 2.75) is 21.6 Å². The summed E-state index contributed by atoms with van der Waals surface area (Å²) < 4.78 is 31.8. The maximum Gasteiger partial charge on any atom is 0.387 e. The number of hydrogen-bond donors (Lipinski definition) is 1. The molecule has 0 saturated heterocycles. The highest BCUT2D eigenvalue weighted by Gasteiger charge is 2.43. The Morgan fingerprint density at radius 1 is 0.633 bits per heavy atom. The summed E-state index contributed by atoms with van der Waals surface area (Å²) in [5, 5.41) is 0. The molecule has 0 aliphatic carbocycles. The molecule has 0 aliphatic heterocycles. The zero-order chi connectivity index (χ0) is 21.0. The Kier molecular flexibility index (Phi) is 5.77. The van der Waals surface area contributed by atoms with Crippen molar-refractivity contribution < 1.29 is 12.9 Å². The first-order valence-electron chi connectivity index (χ1n) is 9.55. The van der Waals surface area contributed by atoms with Gasteiger partial charge in [0.05, 0.1) is 8.59 Å². The Morgan fingerprint density at radius 2 is 1.00 bits per heavy atom. The van der Waals surface area contributed by atoms with Gasteiger partial charge >= 0.3 is 9.05 Å². The van der Waals surface area contributed by atoms with Gasteiger partial charge in [0.25, 0.3) is 0 Å². The predicted octanol–water partition coefficient (Wildman–Crippen LogP) is 6.29. The molecule has 1 unspecified atom stereocenters. The van der Waals surface area contributed by atoms with Gasteiger partial charge in [0.15, 0.2) is 0 Å². The van der Waals surface area contributed by atoms with E-state index in [2.05, 4.69) is 0 Å². The minimum absolute atomic E-state index is 0.368. The molecule has 0 aromatic heterocycles. The van der Waals surface area contributed by atoms with Crippen molar-refractivity contribution in [3.8, 4) is 5.75 Å². The maximum atomic E-state index is 14.2. The molecule has 3 nitrogen and oxygen atoms in total. The van der Waals surface area contributed by atoms with Crippen LogP contribution in [0.2, 0.25) is 0 Å². The van der Waals surface area contributed by atoms with E-state index in [-0.39, 0.29) is 0 Å². The van der Waals surface area contributed by atoms with E-state index in [1.54, 1.807) is 12.1 Å². The van der Waals surface area contributed by atoms with Crippen LogP contribution in [0.4, 0.5) is 0 Å². The molecule has 0 spiro atoms. The summed E-state index contributed by atoms with van der Waals surface area (Å²) in [5.41, 5.74) is 1.06. The lowest BCUT2D eigenvalue weighted by Crippen LogP contribution is -2.27. The third kappa shape index (κ3) is 3.67. The van der Waals surface area contributed by atoms with E-state index in [4.69, 9.17) is 4.18 Å². The average Bonchev–Trinajstić information content (AvgIpc) is 2.78. The third-order valence-electron chi connectivity index (χ3n) is 4.76. The van der Waals surface area contributed by atoms with E-state index >= 15 is 0 Å². The van der Waals surface area contributed by atoms with Crippen LogP contribution in [0.25, 0.3) is 0 Å². The molecule has 0 radical (unpaired) electrons. The summed E-state index contributed by atoms with van der Waals surface area (Å²) in [6, 6.07) is 35.7. The second kappa shape index (κ2) is 8.48. The maximum absolute atomic E-state index is 14.2. The van der Waals surface area contributed by atoms with Gasteiger partial charge in [0.2, 0.25) is 0 Å². The highest BCUT2D eigenvalue weighted by atomic mass is 32.9. The molecule has 1 N–H and O–H groups in total. The molecule has 0 fully saturated rings. The summed E-state index contributed by atoms with van der Waals surface area (Å²) >= 11 is 0. The van der Waals surface area contributed by atoms with Crippen LogP contribution < -0.4 is 4.18 Å². The molecule has 0 aliphatic rings. The first kappa shape index (κ1) is 20.4. The molecule has 30 heavy (non-hydrogen) atoms. The normalized spacial score (nSPS) is 13.4. The summed E-state index contributed by atoms with van der Waals surface area (Å²) in [5.74, 6) is 0.368. The first-order valence-corrected chi connectivity index (χ1v) is 13.1. The lowest BCUT2D eigenvalue weighted by Gasteiger charge is -2.23. The van der Waals surface area contributed by atoms with E-state index in [1.807, 2.05) is 110 Å². The second-order valence-electron chi connectivity index (χ2n) is 6.82. The number of aryl methyl sites for hydroxylation is 1. The van der Waals surface area contributed by atoms with Crippen molar-refractivity contribution in [1.82, 2.24) is 0 Å². The van der Waals surface area contributed by atoms with Crippen molar-refractivity contribution in [3.63, 3.8) is 0 Å². The predicted molar refractivity (Wildman–Crippen MR) is 124 cm³/mol. The van der Waals surface area contributed by atoms with Gasteiger partial charge in [-0.05, 0) is 55.5 Å². The summed E-state index contributed by atoms with van der Waals surface area (Å²) in [6.07, 6.45) is 0. The highest BCUT2D eigenvalue weighted by molar-refractivity contribution is 8.52. The van der Waals surface area contributed by atoms with E-state index in [0.717, 1.165) is 20.2 Å². The minimum atomic E-state index is -3.88. The smallest absolute Gasteiger partial charge is 0.359 e. The zero-order valence-corrected chi connectivity index (χ0v) is 18.2. The van der Waals surface area contributed by atoms with Crippen molar-refractivity contribution in [1.29, 1.82) is 0 Å². The molecule has 5 heteroatoms. The molecule has 0 saturated carbocycles. The number of rotatable bonds is 5. The molecule has 4 aromatic carbocycles. The van der Waals surface area contributed by atoms with Gasteiger partial charge in [-0.2, -0.15) is 4.21 Å². The SMILES string of the molecule is Cc1ccc(OS(=O)(O)=[S+](c2ccccc2)(c2ccccc2)c2ccccc2)cc1. The molecule has 0 heterocycles. The van der Waals surface area contributed by atoms with Crippen LogP contribution in [0.15, 0.2) is 130 Å². The topological polar surface area (TPSA) is 46.5 Å². The number of hydrogen-bond acceptors (Lipinski definition) is 2. The summed E-state index contributed by atoms with van der Waals surface area (Å²) in [4.78, 5) is 2.30. The Bertz CT molecular complexity index is 1160. The highest BCUT2D eigenvalue weighted by Crippen LogP contribution is 2.41.